The lowest BCUT2D eigenvalue weighted by molar-refractivity contribution is -0.119. The molecule has 1 aliphatic rings. The zero-order chi connectivity index (χ0) is 21.9. The number of aryl methyl sites for hydroxylation is 3. The number of imide groups is 1. The van der Waals surface area contributed by atoms with Crippen molar-refractivity contribution in [1.29, 1.82) is 0 Å². The Labute approximate surface area is 185 Å². The van der Waals surface area contributed by atoms with E-state index in [1.165, 1.54) is 4.90 Å². The summed E-state index contributed by atoms with van der Waals surface area (Å²) in [5, 5.41) is 2.06. The van der Waals surface area contributed by atoms with Crippen molar-refractivity contribution in [2.45, 2.75) is 27.3 Å². The number of amides is 2. The smallest absolute Gasteiger partial charge is 0.277 e. The average molecular weight is 429 g/mol. The number of benzene rings is 3. The summed E-state index contributed by atoms with van der Waals surface area (Å²) in [6, 6.07) is 19.6. The van der Waals surface area contributed by atoms with Gasteiger partial charge in [0.05, 0.1) is 11.3 Å². The van der Waals surface area contributed by atoms with Gasteiger partial charge < -0.3 is 4.57 Å². The molecule has 0 atom stereocenters. The van der Waals surface area contributed by atoms with E-state index in [9.17, 15) is 9.59 Å². The maximum absolute atomic E-state index is 13.4. The molecule has 0 spiro atoms. The zero-order valence-corrected chi connectivity index (χ0v) is 18.3. The van der Waals surface area contributed by atoms with Crippen LogP contribution in [0.25, 0.3) is 27.4 Å². The fourth-order valence-corrected chi connectivity index (χ4v) is 4.85. The van der Waals surface area contributed by atoms with Gasteiger partial charge in [0.25, 0.3) is 11.8 Å². The molecule has 2 heterocycles. The summed E-state index contributed by atoms with van der Waals surface area (Å²) in [7, 11) is 0. The van der Waals surface area contributed by atoms with E-state index < -0.39 is 5.91 Å². The number of fused-ring (bicyclic) bond motifs is 3. The molecule has 4 nitrogen and oxygen atoms in total. The predicted molar refractivity (Wildman–Crippen MR) is 126 cm³/mol. The van der Waals surface area contributed by atoms with Gasteiger partial charge >= 0.3 is 0 Å². The topological polar surface area (TPSA) is 42.3 Å². The van der Waals surface area contributed by atoms with Crippen molar-refractivity contribution < 1.29 is 9.59 Å². The lowest BCUT2D eigenvalue weighted by atomic mass is 9.99. The van der Waals surface area contributed by atoms with Crippen LogP contribution in [0.2, 0.25) is 0 Å². The Bertz CT molecular complexity index is 1440. The highest BCUT2D eigenvalue weighted by Gasteiger charge is 2.39. The van der Waals surface area contributed by atoms with Crippen LogP contribution in [0, 0.1) is 13.8 Å². The van der Waals surface area contributed by atoms with Crippen LogP contribution in [0.5, 0.6) is 0 Å². The second-order valence-corrected chi connectivity index (χ2v) is 8.29. The first kappa shape index (κ1) is 19.6. The number of hydrogen-bond donors (Lipinski definition) is 0. The molecule has 0 bridgehead atoms. The van der Waals surface area contributed by atoms with E-state index in [0.29, 0.717) is 11.3 Å². The van der Waals surface area contributed by atoms with Crippen LogP contribution in [0.3, 0.4) is 0 Å². The van der Waals surface area contributed by atoms with Crippen molar-refractivity contribution in [3.05, 3.63) is 82.4 Å². The van der Waals surface area contributed by atoms with Crippen LogP contribution in [0.1, 0.15) is 23.6 Å². The molecule has 31 heavy (non-hydrogen) atoms. The van der Waals surface area contributed by atoms with Gasteiger partial charge in [0.2, 0.25) is 0 Å². The lowest BCUT2D eigenvalue weighted by Crippen LogP contribution is -2.31. The van der Waals surface area contributed by atoms with Crippen molar-refractivity contribution in [2.24, 2.45) is 0 Å². The summed E-state index contributed by atoms with van der Waals surface area (Å²) < 4.78 is 2.23. The molecule has 0 aliphatic carbocycles. The maximum atomic E-state index is 13.4. The molecule has 0 fully saturated rings. The summed E-state index contributed by atoms with van der Waals surface area (Å²) in [5.41, 5.74) is 5.69. The Balaban J connectivity index is 1.65. The van der Waals surface area contributed by atoms with Gasteiger partial charge in [-0.3, -0.25) is 9.59 Å². The van der Waals surface area contributed by atoms with Gasteiger partial charge in [-0.15, -0.1) is 0 Å². The first-order valence-electron chi connectivity index (χ1n) is 10.3. The molecular formula is C26H21ClN2O2. The maximum Gasteiger partial charge on any atom is 0.277 e. The van der Waals surface area contributed by atoms with E-state index in [1.54, 1.807) is 0 Å². The zero-order valence-electron chi connectivity index (χ0n) is 17.6. The fourth-order valence-electron chi connectivity index (χ4n) is 4.59. The Hall–Kier alpha value is -3.37. The van der Waals surface area contributed by atoms with Gasteiger partial charge in [0.1, 0.15) is 5.03 Å². The molecule has 5 heteroatoms. The number of rotatable bonds is 3. The summed E-state index contributed by atoms with van der Waals surface area (Å²) >= 11 is 6.42. The highest BCUT2D eigenvalue weighted by atomic mass is 35.5. The molecule has 0 N–H and O–H groups in total. The fraction of sp³-hybridized carbons (Fsp3) is 0.154. The molecule has 0 saturated heterocycles. The number of anilines is 1. The van der Waals surface area contributed by atoms with E-state index in [2.05, 4.69) is 23.6 Å². The van der Waals surface area contributed by atoms with Crippen molar-refractivity contribution in [2.75, 3.05) is 4.90 Å². The highest BCUT2D eigenvalue weighted by Crippen LogP contribution is 2.38. The predicted octanol–water partition coefficient (Wildman–Crippen LogP) is 5.95. The SMILES string of the molecule is CCn1c2ccccc2c2cc(N3C(=O)C(Cl)=C(c4ccc(C)cc4C)C3=O)ccc21. The second-order valence-electron chi connectivity index (χ2n) is 7.92. The van der Waals surface area contributed by atoms with Gasteiger partial charge in [-0.05, 0) is 56.2 Å². The van der Waals surface area contributed by atoms with Gasteiger partial charge in [-0.2, -0.15) is 0 Å². The molecule has 0 saturated carbocycles. The van der Waals surface area contributed by atoms with Crippen molar-refractivity contribution in [1.82, 2.24) is 4.57 Å². The monoisotopic (exact) mass is 428 g/mol. The molecule has 154 valence electrons. The average Bonchev–Trinajstić information content (AvgIpc) is 3.19. The molecule has 3 aromatic carbocycles. The number of carbonyl (C=O) groups excluding carboxylic acids is 2. The third-order valence-electron chi connectivity index (χ3n) is 6.01. The van der Waals surface area contributed by atoms with E-state index in [1.807, 2.05) is 62.4 Å². The third-order valence-corrected chi connectivity index (χ3v) is 6.36. The molecule has 0 unspecified atom stereocenters. The van der Waals surface area contributed by atoms with E-state index in [4.69, 9.17) is 11.6 Å². The minimum atomic E-state index is -0.486. The Morgan fingerprint density at radius 2 is 1.58 bits per heavy atom. The lowest BCUT2D eigenvalue weighted by Gasteiger charge is -2.16. The quantitative estimate of drug-likeness (QED) is 0.378. The Morgan fingerprint density at radius 3 is 2.32 bits per heavy atom. The van der Waals surface area contributed by atoms with E-state index in [-0.39, 0.29) is 16.5 Å². The van der Waals surface area contributed by atoms with Crippen LogP contribution in [-0.4, -0.2) is 16.4 Å². The summed E-state index contributed by atoms with van der Waals surface area (Å²) in [5.74, 6) is -0.874. The number of aromatic nitrogens is 1. The largest absolute Gasteiger partial charge is 0.341 e. The normalized spacial score (nSPS) is 14.5. The Kier molecular flexibility index (Phi) is 4.49. The third kappa shape index (κ3) is 2.82. The van der Waals surface area contributed by atoms with Crippen LogP contribution < -0.4 is 4.90 Å². The van der Waals surface area contributed by atoms with E-state index in [0.717, 1.165) is 39.5 Å². The van der Waals surface area contributed by atoms with E-state index >= 15 is 0 Å². The van der Waals surface area contributed by atoms with Crippen molar-refractivity contribution in [3.63, 3.8) is 0 Å². The summed E-state index contributed by atoms with van der Waals surface area (Å²) in [6.07, 6.45) is 0. The van der Waals surface area contributed by atoms with Crippen LogP contribution in [0.4, 0.5) is 5.69 Å². The minimum Gasteiger partial charge on any atom is -0.341 e. The number of para-hydroxylation sites is 1. The number of nitrogens with zero attached hydrogens (tertiary/aromatic N) is 2. The highest BCUT2D eigenvalue weighted by molar-refractivity contribution is 6.60. The van der Waals surface area contributed by atoms with Crippen molar-refractivity contribution >= 4 is 56.5 Å². The number of hydrogen-bond acceptors (Lipinski definition) is 2. The standard InChI is InChI=1S/C26H21ClN2O2/c1-4-28-21-8-6-5-7-19(21)20-14-17(10-12-22(20)28)29-25(30)23(24(27)26(29)31)18-11-9-15(2)13-16(18)3/h5-14H,4H2,1-3H3. The van der Waals surface area contributed by atoms with Gasteiger partial charge in [-0.1, -0.05) is 53.6 Å². The second kappa shape index (κ2) is 7.10. The molecule has 4 aromatic rings. The molecule has 1 aliphatic heterocycles. The molecule has 5 rings (SSSR count). The first-order valence-corrected chi connectivity index (χ1v) is 10.7. The van der Waals surface area contributed by atoms with Crippen LogP contribution in [-0.2, 0) is 16.1 Å². The van der Waals surface area contributed by atoms with Crippen LogP contribution >= 0.6 is 11.6 Å². The molecule has 1 aromatic heterocycles. The van der Waals surface area contributed by atoms with Crippen LogP contribution in [0.15, 0.2) is 65.7 Å². The van der Waals surface area contributed by atoms with Gasteiger partial charge in [0.15, 0.2) is 0 Å². The Morgan fingerprint density at radius 1 is 0.839 bits per heavy atom. The number of halogens is 1. The minimum absolute atomic E-state index is 0.0342. The molecular weight excluding hydrogens is 408 g/mol. The number of carbonyl (C=O) groups is 2. The molecule has 0 radical (unpaired) electrons. The summed E-state index contributed by atoms with van der Waals surface area (Å²) in [4.78, 5) is 27.6. The molecule has 2 amide bonds. The van der Waals surface area contributed by atoms with Gasteiger partial charge in [-0.25, -0.2) is 4.90 Å². The summed E-state index contributed by atoms with van der Waals surface area (Å²) in [6.45, 7) is 6.84. The van der Waals surface area contributed by atoms with Gasteiger partial charge in [0, 0.05) is 28.4 Å². The first-order chi connectivity index (χ1) is 14.9. The van der Waals surface area contributed by atoms with Crippen molar-refractivity contribution in [3.8, 4) is 0 Å².